The SMILES string of the molecule is Cc1ccc(-c2cc(C)cc(C34CC5CC(CC(C5)C3)C4)c2O)c(-c2cccc(-c3cc(C)ccc3-c3cc(C)cc(C45CC6CC(CC(C6)C4)C5)c3O)n2)c1. The lowest BCUT2D eigenvalue weighted by molar-refractivity contribution is -0.00627. The fourth-order valence-electron chi connectivity index (χ4n) is 14.6. The van der Waals surface area contributed by atoms with Crippen molar-refractivity contribution >= 4 is 0 Å². The summed E-state index contributed by atoms with van der Waals surface area (Å²) in [6, 6.07) is 28.6. The highest BCUT2D eigenvalue weighted by Crippen LogP contribution is 2.64. The number of benzene rings is 4. The van der Waals surface area contributed by atoms with Crippen LogP contribution in [0.5, 0.6) is 11.5 Å². The van der Waals surface area contributed by atoms with Crippen LogP contribution in [0.25, 0.3) is 44.8 Å². The van der Waals surface area contributed by atoms with E-state index >= 15 is 0 Å². The second-order valence-electron chi connectivity index (χ2n) is 20.3. The molecule has 8 fully saturated rings. The van der Waals surface area contributed by atoms with Crippen LogP contribution < -0.4 is 0 Å². The lowest BCUT2D eigenvalue weighted by Crippen LogP contribution is -2.48. The lowest BCUT2D eigenvalue weighted by Gasteiger charge is -2.57. The molecule has 56 heavy (non-hydrogen) atoms. The zero-order chi connectivity index (χ0) is 38.1. The summed E-state index contributed by atoms with van der Waals surface area (Å²) in [5.41, 5.74) is 15.1. The van der Waals surface area contributed by atoms with E-state index in [1.54, 1.807) is 0 Å². The molecule has 1 aromatic heterocycles. The van der Waals surface area contributed by atoms with Gasteiger partial charge < -0.3 is 10.2 Å². The summed E-state index contributed by atoms with van der Waals surface area (Å²) in [5.74, 6) is 5.81. The van der Waals surface area contributed by atoms with E-state index in [1.165, 1.54) is 110 Å². The number of phenolic OH excluding ortho intramolecular Hbond substituents is 2. The van der Waals surface area contributed by atoms with E-state index in [9.17, 15) is 10.2 Å². The standard InChI is InChI=1S/C53H57NO2/c1-30-8-10-40(44-14-32(3)16-46(50(44)55)52-24-34-18-35(25-52)20-36(19-34)26-52)42(12-30)48-6-5-7-49(54-48)43-13-31(2)9-11-41(43)45-15-33(4)17-47(51(45)56)53-27-37-21-38(28-53)23-39(22-37)29-53/h5-17,34-39,55-56H,18-29H2,1-4H3. The van der Waals surface area contributed by atoms with Gasteiger partial charge in [0.25, 0.3) is 0 Å². The van der Waals surface area contributed by atoms with Gasteiger partial charge in [-0.1, -0.05) is 53.6 Å². The molecule has 1 heterocycles. The van der Waals surface area contributed by atoms with Gasteiger partial charge in [-0.05, 0) is 210 Å². The molecule has 13 rings (SSSR count). The van der Waals surface area contributed by atoms with Crippen LogP contribution in [0.2, 0.25) is 0 Å². The predicted molar refractivity (Wildman–Crippen MR) is 228 cm³/mol. The second-order valence-corrected chi connectivity index (χ2v) is 20.3. The Morgan fingerprint density at radius 2 is 0.750 bits per heavy atom. The normalized spacial score (nSPS) is 31.0. The minimum absolute atomic E-state index is 0.0983. The molecule has 8 aliphatic carbocycles. The minimum Gasteiger partial charge on any atom is -0.507 e. The summed E-state index contributed by atoms with van der Waals surface area (Å²) < 4.78 is 0. The monoisotopic (exact) mass is 739 g/mol. The number of hydrogen-bond acceptors (Lipinski definition) is 3. The van der Waals surface area contributed by atoms with Crippen molar-refractivity contribution in [2.24, 2.45) is 35.5 Å². The van der Waals surface area contributed by atoms with Gasteiger partial charge in [0.2, 0.25) is 0 Å². The third-order valence-electron chi connectivity index (χ3n) is 16.0. The molecule has 0 amide bonds. The molecule has 0 spiro atoms. The maximum Gasteiger partial charge on any atom is 0.127 e. The molecule has 286 valence electrons. The van der Waals surface area contributed by atoms with Gasteiger partial charge in [-0.15, -0.1) is 0 Å². The first-order valence-electron chi connectivity index (χ1n) is 21.9. The van der Waals surface area contributed by atoms with Gasteiger partial charge in [-0.3, -0.25) is 0 Å². The summed E-state index contributed by atoms with van der Waals surface area (Å²) in [7, 11) is 0. The van der Waals surface area contributed by atoms with Crippen molar-refractivity contribution in [1.29, 1.82) is 0 Å². The van der Waals surface area contributed by atoms with Gasteiger partial charge in [0, 0.05) is 33.4 Å². The van der Waals surface area contributed by atoms with E-state index in [1.807, 2.05) is 0 Å². The molecule has 0 aliphatic heterocycles. The molecule has 0 radical (unpaired) electrons. The number of aromatic hydroxyl groups is 2. The highest BCUT2D eigenvalue weighted by Gasteiger charge is 2.54. The van der Waals surface area contributed by atoms with Crippen molar-refractivity contribution in [2.75, 3.05) is 0 Å². The van der Waals surface area contributed by atoms with Gasteiger partial charge in [-0.2, -0.15) is 0 Å². The van der Waals surface area contributed by atoms with Crippen molar-refractivity contribution in [3.05, 3.63) is 112 Å². The molecule has 4 aromatic carbocycles. The Kier molecular flexibility index (Phi) is 7.82. The van der Waals surface area contributed by atoms with Crippen molar-refractivity contribution in [2.45, 2.75) is 116 Å². The molecule has 8 saturated carbocycles. The minimum atomic E-state index is 0.0983. The van der Waals surface area contributed by atoms with Crippen LogP contribution in [0.3, 0.4) is 0 Å². The first kappa shape index (κ1) is 34.8. The van der Waals surface area contributed by atoms with E-state index in [2.05, 4.69) is 107 Å². The summed E-state index contributed by atoms with van der Waals surface area (Å²) >= 11 is 0. The quantitative estimate of drug-likeness (QED) is 0.182. The molecule has 2 N–H and O–H groups in total. The third-order valence-corrected chi connectivity index (χ3v) is 16.0. The van der Waals surface area contributed by atoms with Gasteiger partial charge >= 0.3 is 0 Å². The molecule has 3 nitrogen and oxygen atoms in total. The number of pyridine rings is 1. The van der Waals surface area contributed by atoms with E-state index in [0.717, 1.165) is 80.3 Å². The van der Waals surface area contributed by atoms with E-state index < -0.39 is 0 Å². The highest BCUT2D eigenvalue weighted by atomic mass is 16.3. The van der Waals surface area contributed by atoms with Crippen LogP contribution in [0, 0.1) is 63.2 Å². The number of aromatic nitrogens is 1. The molecule has 0 atom stereocenters. The highest BCUT2D eigenvalue weighted by molar-refractivity contribution is 5.89. The van der Waals surface area contributed by atoms with Gasteiger partial charge in [0.05, 0.1) is 11.4 Å². The molecular formula is C53H57NO2. The molecule has 8 aliphatic rings. The van der Waals surface area contributed by atoms with Crippen LogP contribution in [0.15, 0.2) is 78.9 Å². The summed E-state index contributed by atoms with van der Waals surface area (Å²) in [6.07, 6.45) is 15.7. The third kappa shape index (κ3) is 5.53. The zero-order valence-electron chi connectivity index (χ0n) is 33.8. The van der Waals surface area contributed by atoms with Crippen LogP contribution in [-0.4, -0.2) is 15.2 Å². The summed E-state index contributed by atoms with van der Waals surface area (Å²) in [5, 5.41) is 24.8. The molecule has 0 saturated heterocycles. The van der Waals surface area contributed by atoms with Crippen molar-refractivity contribution in [1.82, 2.24) is 4.98 Å². The maximum atomic E-state index is 12.4. The largest absolute Gasteiger partial charge is 0.507 e. The fourth-order valence-corrected chi connectivity index (χ4v) is 14.6. The average Bonchev–Trinajstić information content (AvgIpc) is 3.15. The lowest BCUT2D eigenvalue weighted by atomic mass is 9.48. The molecular weight excluding hydrogens is 683 g/mol. The Morgan fingerprint density at radius 1 is 0.411 bits per heavy atom. The smallest absolute Gasteiger partial charge is 0.127 e. The van der Waals surface area contributed by atoms with E-state index in [-0.39, 0.29) is 10.8 Å². The molecule has 0 unspecified atom stereocenters. The van der Waals surface area contributed by atoms with Crippen LogP contribution in [0.1, 0.15) is 110 Å². The summed E-state index contributed by atoms with van der Waals surface area (Å²) in [6.45, 7) is 8.70. The topological polar surface area (TPSA) is 53.4 Å². The van der Waals surface area contributed by atoms with Gasteiger partial charge in [0.1, 0.15) is 11.5 Å². The number of nitrogens with zero attached hydrogens (tertiary/aromatic N) is 1. The second kappa shape index (κ2) is 12.6. The number of aryl methyl sites for hydroxylation is 4. The fraction of sp³-hybridized carbons (Fsp3) is 0.453. The van der Waals surface area contributed by atoms with Crippen molar-refractivity contribution in [3.8, 4) is 56.3 Å². The van der Waals surface area contributed by atoms with E-state index in [4.69, 9.17) is 4.98 Å². The number of hydrogen-bond donors (Lipinski definition) is 2. The summed E-state index contributed by atoms with van der Waals surface area (Å²) in [4.78, 5) is 5.46. The first-order chi connectivity index (χ1) is 27.0. The zero-order valence-corrected chi connectivity index (χ0v) is 33.8. The number of phenols is 2. The number of rotatable bonds is 6. The van der Waals surface area contributed by atoms with Gasteiger partial charge in [-0.25, -0.2) is 4.98 Å². The first-order valence-corrected chi connectivity index (χ1v) is 21.9. The average molecular weight is 740 g/mol. The Hall–Kier alpha value is -4.37. The Bertz CT molecular complexity index is 2180. The maximum absolute atomic E-state index is 12.4. The Morgan fingerprint density at radius 3 is 1.11 bits per heavy atom. The van der Waals surface area contributed by atoms with Crippen LogP contribution >= 0.6 is 0 Å². The molecule has 8 bridgehead atoms. The van der Waals surface area contributed by atoms with Crippen molar-refractivity contribution in [3.63, 3.8) is 0 Å². The van der Waals surface area contributed by atoms with Crippen molar-refractivity contribution < 1.29 is 10.2 Å². The van der Waals surface area contributed by atoms with Crippen LogP contribution in [-0.2, 0) is 10.8 Å². The van der Waals surface area contributed by atoms with E-state index in [0.29, 0.717) is 11.5 Å². The van der Waals surface area contributed by atoms with Gasteiger partial charge in [0.15, 0.2) is 0 Å². The molecule has 3 heteroatoms. The Balaban J connectivity index is 1.01. The molecule has 5 aromatic rings. The Labute approximate surface area is 333 Å². The predicted octanol–water partition coefficient (Wildman–Crippen LogP) is 13.3. The van der Waals surface area contributed by atoms with Crippen LogP contribution in [0.4, 0.5) is 0 Å².